The Kier molecular flexibility index (Phi) is 14.0. The zero-order valence-corrected chi connectivity index (χ0v) is 24.0. The summed E-state index contributed by atoms with van der Waals surface area (Å²) < 4.78 is 15.4. The van der Waals surface area contributed by atoms with Crippen molar-refractivity contribution in [2.24, 2.45) is 0 Å². The first-order chi connectivity index (χ1) is 19.5. The van der Waals surface area contributed by atoms with Crippen LogP contribution in [0, 0.1) is 0 Å². The minimum Gasteiger partial charge on any atom is -0.483 e. The number of hydrogen-bond donors (Lipinski definition) is 3. The van der Waals surface area contributed by atoms with Crippen molar-refractivity contribution in [3.8, 4) is 11.5 Å². The molecule has 0 heterocycles. The topological polar surface area (TPSA) is 148 Å². The molecule has 0 bridgehead atoms. The highest BCUT2D eigenvalue weighted by atomic mass is 35.5. The molecular formula is C27H23Cl4NO9. The van der Waals surface area contributed by atoms with E-state index in [1.54, 1.807) is 66.7 Å². The Hall–Kier alpha value is -3.70. The van der Waals surface area contributed by atoms with Gasteiger partial charge in [-0.15, -0.1) is 0 Å². The molecule has 3 N–H and O–H groups in total. The van der Waals surface area contributed by atoms with Crippen molar-refractivity contribution in [2.45, 2.75) is 19.1 Å². The molecule has 0 aliphatic rings. The van der Waals surface area contributed by atoms with Gasteiger partial charge in [-0.1, -0.05) is 88.9 Å². The predicted octanol–water partition coefficient (Wildman–Crippen LogP) is 6.17. The molecule has 218 valence electrons. The summed E-state index contributed by atoms with van der Waals surface area (Å²) in [5.41, 5.74) is 0.739. The van der Waals surface area contributed by atoms with Crippen LogP contribution < -0.4 is 14.8 Å². The van der Waals surface area contributed by atoms with E-state index >= 15 is 0 Å². The number of halogens is 4. The van der Waals surface area contributed by atoms with Crippen LogP contribution in [0.15, 0.2) is 66.7 Å². The Balaban J connectivity index is 0.000000290. The minimum atomic E-state index is -1.51. The molecule has 0 spiro atoms. The van der Waals surface area contributed by atoms with E-state index in [0.29, 0.717) is 20.1 Å². The summed E-state index contributed by atoms with van der Waals surface area (Å²) in [5, 5.41) is 20.5. The summed E-state index contributed by atoms with van der Waals surface area (Å²) in [5.74, 6) is -2.55. The van der Waals surface area contributed by atoms with E-state index in [0.717, 1.165) is 5.56 Å². The number of rotatable bonds is 12. The van der Waals surface area contributed by atoms with Gasteiger partial charge in [0.25, 0.3) is 0 Å². The number of carbonyl (C=O) groups excluding carboxylic acids is 2. The largest absolute Gasteiger partial charge is 0.483 e. The first-order valence-electron chi connectivity index (χ1n) is 11.5. The van der Waals surface area contributed by atoms with Gasteiger partial charge in [0, 0.05) is 0 Å². The molecule has 1 atom stereocenters. The number of carboxylic acids is 2. The molecule has 1 amide bonds. The van der Waals surface area contributed by atoms with Gasteiger partial charge in [0.2, 0.25) is 5.78 Å². The van der Waals surface area contributed by atoms with Crippen LogP contribution in [-0.4, -0.2) is 53.3 Å². The standard InChI is InChI=1S/C15H10Cl4O3.C12H13NO6/c16-10-3-1-4-11(17)14(10)21-7-9(20)8-22-15-12(18)5-2-6-13(15)19;14-10(15)6-9(11(16)17)13-12(18)19-7-8-4-2-1-3-5-8/h1-6H,7-8H2;1-5,9H,6-7H2,(H,13,18)(H,14,15)(H,16,17)/t;9-/m.0/s1. The van der Waals surface area contributed by atoms with Gasteiger partial charge in [0.05, 0.1) is 26.5 Å². The fourth-order valence-corrected chi connectivity index (χ4v) is 3.88. The molecule has 0 aliphatic carbocycles. The van der Waals surface area contributed by atoms with Crippen LogP contribution in [0.1, 0.15) is 12.0 Å². The zero-order chi connectivity index (χ0) is 30.4. The van der Waals surface area contributed by atoms with E-state index in [1.807, 2.05) is 5.32 Å². The Morgan fingerprint density at radius 2 is 1.17 bits per heavy atom. The summed E-state index contributed by atoms with van der Waals surface area (Å²) in [6.07, 6.45) is -1.69. The van der Waals surface area contributed by atoms with E-state index in [-0.39, 0.29) is 37.1 Å². The summed E-state index contributed by atoms with van der Waals surface area (Å²) in [6.45, 7) is -0.483. The number of benzene rings is 3. The molecule has 10 nitrogen and oxygen atoms in total. The second kappa shape index (κ2) is 17.2. The lowest BCUT2D eigenvalue weighted by atomic mass is 10.2. The highest BCUT2D eigenvalue weighted by Gasteiger charge is 2.23. The van der Waals surface area contributed by atoms with E-state index < -0.39 is 30.5 Å². The monoisotopic (exact) mass is 645 g/mol. The summed E-state index contributed by atoms with van der Waals surface area (Å²) in [7, 11) is 0. The third-order valence-electron chi connectivity index (χ3n) is 4.77. The second-order valence-corrected chi connectivity index (χ2v) is 9.54. The zero-order valence-electron chi connectivity index (χ0n) is 21.0. The molecule has 3 aromatic carbocycles. The molecule has 0 unspecified atom stereocenters. The number of carbonyl (C=O) groups is 4. The van der Waals surface area contributed by atoms with Crippen LogP contribution >= 0.6 is 46.4 Å². The summed E-state index contributed by atoms with van der Waals surface area (Å²) in [4.78, 5) is 44.3. The van der Waals surface area contributed by atoms with Crippen LogP contribution in [0.4, 0.5) is 4.79 Å². The van der Waals surface area contributed by atoms with Crippen LogP contribution in [0.25, 0.3) is 0 Å². The fourth-order valence-electron chi connectivity index (χ4n) is 2.87. The third-order valence-corrected chi connectivity index (χ3v) is 5.97. The highest BCUT2D eigenvalue weighted by molar-refractivity contribution is 6.37. The molecule has 0 saturated heterocycles. The Morgan fingerprint density at radius 1 is 0.707 bits per heavy atom. The van der Waals surface area contributed by atoms with Crippen molar-refractivity contribution in [2.75, 3.05) is 13.2 Å². The number of hydrogen-bond acceptors (Lipinski definition) is 7. The molecule has 0 aromatic heterocycles. The van der Waals surface area contributed by atoms with Crippen LogP contribution in [0.3, 0.4) is 0 Å². The van der Waals surface area contributed by atoms with E-state index in [9.17, 15) is 19.2 Å². The molecule has 3 rings (SSSR count). The number of ketones is 1. The maximum atomic E-state index is 11.8. The van der Waals surface area contributed by atoms with Crippen LogP contribution in [0.5, 0.6) is 11.5 Å². The number of aliphatic carboxylic acids is 2. The van der Waals surface area contributed by atoms with Gasteiger partial charge in [-0.05, 0) is 29.8 Å². The molecule has 0 aliphatic heterocycles. The number of para-hydroxylation sites is 2. The van der Waals surface area contributed by atoms with Gasteiger partial charge in [-0.25, -0.2) is 9.59 Å². The number of amides is 1. The smallest absolute Gasteiger partial charge is 0.408 e. The van der Waals surface area contributed by atoms with Gasteiger partial charge in [-0.2, -0.15) is 0 Å². The van der Waals surface area contributed by atoms with E-state index in [1.165, 1.54) is 0 Å². The SMILES string of the molecule is O=C(COc1c(Cl)cccc1Cl)COc1c(Cl)cccc1Cl.O=C(O)C[C@H](NC(=O)OCc1ccccc1)C(=O)O. The highest BCUT2D eigenvalue weighted by Crippen LogP contribution is 2.33. The first kappa shape index (κ1) is 33.5. The summed E-state index contributed by atoms with van der Waals surface area (Å²) in [6, 6.07) is 17.1. The van der Waals surface area contributed by atoms with Crippen molar-refractivity contribution in [3.05, 3.63) is 92.4 Å². The Morgan fingerprint density at radius 3 is 1.59 bits per heavy atom. The molecule has 14 heteroatoms. The number of carboxylic acid groups (broad SMARTS) is 2. The third kappa shape index (κ3) is 12.1. The van der Waals surface area contributed by atoms with Gasteiger partial charge >= 0.3 is 18.0 Å². The van der Waals surface area contributed by atoms with Crippen molar-refractivity contribution in [1.29, 1.82) is 0 Å². The Labute approximate surface area is 254 Å². The first-order valence-corrected chi connectivity index (χ1v) is 13.1. The van der Waals surface area contributed by atoms with E-state index in [2.05, 4.69) is 0 Å². The molecule has 0 radical (unpaired) electrons. The van der Waals surface area contributed by atoms with Crippen molar-refractivity contribution in [1.82, 2.24) is 5.32 Å². The molecule has 41 heavy (non-hydrogen) atoms. The number of alkyl carbamates (subject to hydrolysis) is 1. The van der Waals surface area contributed by atoms with Crippen molar-refractivity contribution in [3.63, 3.8) is 0 Å². The van der Waals surface area contributed by atoms with Gasteiger partial charge < -0.3 is 29.7 Å². The average molecular weight is 647 g/mol. The maximum absolute atomic E-state index is 11.8. The number of nitrogens with one attached hydrogen (secondary N) is 1. The Bertz CT molecular complexity index is 1260. The molecular weight excluding hydrogens is 624 g/mol. The summed E-state index contributed by atoms with van der Waals surface area (Å²) >= 11 is 23.8. The average Bonchev–Trinajstić information content (AvgIpc) is 2.91. The van der Waals surface area contributed by atoms with Gasteiger partial charge in [0.1, 0.15) is 12.6 Å². The van der Waals surface area contributed by atoms with Crippen molar-refractivity contribution >= 4 is 70.2 Å². The lowest BCUT2D eigenvalue weighted by molar-refractivity contribution is -0.145. The van der Waals surface area contributed by atoms with E-state index in [4.69, 9.17) is 70.8 Å². The lowest BCUT2D eigenvalue weighted by Crippen LogP contribution is -2.42. The molecule has 0 saturated carbocycles. The molecule has 3 aromatic rings. The van der Waals surface area contributed by atoms with Gasteiger partial charge in [0.15, 0.2) is 24.7 Å². The van der Waals surface area contributed by atoms with Crippen LogP contribution in [-0.2, 0) is 25.7 Å². The normalized spacial score (nSPS) is 10.8. The fraction of sp³-hybridized carbons (Fsp3) is 0.185. The number of ether oxygens (including phenoxy) is 3. The number of Topliss-reactive ketones (excluding diaryl/α,β-unsaturated/α-hetero) is 1. The predicted molar refractivity (Wildman–Crippen MR) is 152 cm³/mol. The second-order valence-electron chi connectivity index (χ2n) is 7.91. The van der Waals surface area contributed by atoms with Gasteiger partial charge in [-0.3, -0.25) is 9.59 Å². The maximum Gasteiger partial charge on any atom is 0.408 e. The lowest BCUT2D eigenvalue weighted by Gasteiger charge is -2.12. The van der Waals surface area contributed by atoms with Crippen molar-refractivity contribution < 1.29 is 43.6 Å². The van der Waals surface area contributed by atoms with Crippen LogP contribution in [0.2, 0.25) is 20.1 Å². The molecule has 0 fully saturated rings. The minimum absolute atomic E-state index is 0.0217. The quantitative estimate of drug-likeness (QED) is 0.210.